The molecule has 0 aliphatic heterocycles. The summed E-state index contributed by atoms with van der Waals surface area (Å²) in [7, 11) is 0. The van der Waals surface area contributed by atoms with Crippen LogP contribution in [0.1, 0.15) is 19.2 Å². The summed E-state index contributed by atoms with van der Waals surface area (Å²) < 4.78 is 25.8. The summed E-state index contributed by atoms with van der Waals surface area (Å²) in [6.45, 7) is 1.89. The van der Waals surface area contributed by atoms with Gasteiger partial charge in [-0.3, -0.25) is 0 Å². The Morgan fingerprint density at radius 2 is 2.00 bits per heavy atom. The van der Waals surface area contributed by atoms with Crippen LogP contribution in [0.4, 0.5) is 14.6 Å². The third kappa shape index (κ3) is 3.59. The Morgan fingerprint density at radius 1 is 1.29 bits per heavy atom. The van der Waals surface area contributed by atoms with E-state index in [0.29, 0.717) is 16.7 Å². The van der Waals surface area contributed by atoms with E-state index in [2.05, 4.69) is 15.3 Å². The molecule has 2 atom stereocenters. The number of halogens is 2. The van der Waals surface area contributed by atoms with Crippen LogP contribution in [0.15, 0.2) is 24.3 Å². The van der Waals surface area contributed by atoms with Crippen LogP contribution in [-0.4, -0.2) is 39.2 Å². The molecule has 0 amide bonds. The molecule has 0 radical (unpaired) electrons. The first-order valence-corrected chi connectivity index (χ1v) is 7.80. The topological polar surface area (TPSA) is 58.0 Å². The second-order valence-corrected chi connectivity index (χ2v) is 5.71. The van der Waals surface area contributed by atoms with Gasteiger partial charge in [-0.2, -0.15) is 11.8 Å². The average Bonchev–Trinajstić information content (AvgIpc) is 2.48. The molecule has 0 saturated carbocycles. The molecule has 114 valence electrons. The standard InChI is InChI=1S/C14H17F2N3OS/c1-8(11(7-20)21-2)17-13-9-5-3-4-6-10(9)18-14(19-13)12(15)16/h3-6,8,11-12,20H,7H2,1-2H3,(H,17,18,19)/t8-,11+/m0/s1. The highest BCUT2D eigenvalue weighted by Gasteiger charge is 2.19. The SMILES string of the molecule is CS[C@H](CO)[C@H](C)Nc1nc(C(F)F)nc2ccccc12. The molecular formula is C14H17F2N3OS. The molecule has 2 rings (SSSR count). The third-order valence-electron chi connectivity index (χ3n) is 3.22. The zero-order valence-corrected chi connectivity index (χ0v) is 12.6. The maximum absolute atomic E-state index is 12.9. The zero-order chi connectivity index (χ0) is 15.4. The van der Waals surface area contributed by atoms with E-state index in [9.17, 15) is 13.9 Å². The summed E-state index contributed by atoms with van der Waals surface area (Å²) in [5, 5.41) is 13.1. The van der Waals surface area contributed by atoms with Gasteiger partial charge in [-0.05, 0) is 25.3 Å². The number of alkyl halides is 2. The number of aliphatic hydroxyl groups excluding tert-OH is 1. The molecular weight excluding hydrogens is 296 g/mol. The number of benzene rings is 1. The highest BCUT2D eigenvalue weighted by atomic mass is 32.2. The predicted octanol–water partition coefficient (Wildman–Crippen LogP) is 3.09. The number of nitrogens with zero attached hydrogens (tertiary/aromatic N) is 2. The molecule has 0 aliphatic rings. The van der Waals surface area contributed by atoms with Crippen molar-refractivity contribution in [1.29, 1.82) is 0 Å². The van der Waals surface area contributed by atoms with E-state index < -0.39 is 12.2 Å². The Kier molecular flexibility index (Phi) is 5.30. The van der Waals surface area contributed by atoms with E-state index in [1.807, 2.05) is 19.2 Å². The summed E-state index contributed by atoms with van der Waals surface area (Å²) in [6.07, 6.45) is -0.832. The quantitative estimate of drug-likeness (QED) is 0.858. The largest absolute Gasteiger partial charge is 0.395 e. The first-order valence-electron chi connectivity index (χ1n) is 6.51. The third-order valence-corrected chi connectivity index (χ3v) is 4.38. The lowest BCUT2D eigenvalue weighted by Crippen LogP contribution is -2.31. The number of hydrogen-bond acceptors (Lipinski definition) is 5. The maximum Gasteiger partial charge on any atom is 0.297 e. The summed E-state index contributed by atoms with van der Waals surface area (Å²) in [6, 6.07) is 6.90. The number of fused-ring (bicyclic) bond motifs is 1. The Morgan fingerprint density at radius 3 is 2.62 bits per heavy atom. The van der Waals surface area contributed by atoms with Crippen LogP contribution >= 0.6 is 11.8 Å². The summed E-state index contributed by atoms with van der Waals surface area (Å²) >= 11 is 1.51. The minimum Gasteiger partial charge on any atom is -0.395 e. The van der Waals surface area contributed by atoms with E-state index in [4.69, 9.17) is 0 Å². The van der Waals surface area contributed by atoms with Crippen molar-refractivity contribution in [3.05, 3.63) is 30.1 Å². The summed E-state index contributed by atoms with van der Waals surface area (Å²) in [5.41, 5.74) is 0.474. The number of hydrogen-bond donors (Lipinski definition) is 2. The molecule has 7 heteroatoms. The van der Waals surface area contributed by atoms with Crippen LogP contribution in [0.2, 0.25) is 0 Å². The monoisotopic (exact) mass is 313 g/mol. The van der Waals surface area contributed by atoms with Crippen LogP contribution < -0.4 is 5.32 Å². The molecule has 4 nitrogen and oxygen atoms in total. The van der Waals surface area contributed by atoms with E-state index in [1.165, 1.54) is 11.8 Å². The molecule has 0 aliphatic carbocycles. The smallest absolute Gasteiger partial charge is 0.297 e. The zero-order valence-electron chi connectivity index (χ0n) is 11.8. The van der Waals surface area contributed by atoms with Gasteiger partial charge in [0.05, 0.1) is 12.1 Å². The van der Waals surface area contributed by atoms with Crippen molar-refractivity contribution >= 4 is 28.5 Å². The van der Waals surface area contributed by atoms with Crippen molar-refractivity contribution in [2.24, 2.45) is 0 Å². The highest BCUT2D eigenvalue weighted by Crippen LogP contribution is 2.26. The predicted molar refractivity (Wildman–Crippen MR) is 82.0 cm³/mol. The van der Waals surface area contributed by atoms with Gasteiger partial charge in [0.15, 0.2) is 5.82 Å². The van der Waals surface area contributed by atoms with Crippen LogP contribution in [0, 0.1) is 0 Å². The van der Waals surface area contributed by atoms with Crippen molar-refractivity contribution in [2.75, 3.05) is 18.2 Å². The lowest BCUT2D eigenvalue weighted by molar-refractivity contribution is 0.141. The van der Waals surface area contributed by atoms with Gasteiger partial charge in [0.1, 0.15) is 5.82 Å². The van der Waals surface area contributed by atoms with Crippen LogP contribution in [0.5, 0.6) is 0 Å². The molecule has 2 aromatic rings. The van der Waals surface area contributed by atoms with Gasteiger partial charge >= 0.3 is 0 Å². The molecule has 1 heterocycles. The summed E-state index contributed by atoms with van der Waals surface area (Å²) in [5.74, 6) is -0.121. The first-order chi connectivity index (χ1) is 10.1. The second-order valence-electron chi connectivity index (χ2n) is 4.64. The Hall–Kier alpha value is -1.47. The maximum atomic E-state index is 12.9. The van der Waals surface area contributed by atoms with Crippen LogP contribution in [0.3, 0.4) is 0 Å². The van der Waals surface area contributed by atoms with E-state index in [1.54, 1.807) is 18.2 Å². The number of nitrogens with one attached hydrogen (secondary N) is 1. The normalized spacial score (nSPS) is 14.4. The van der Waals surface area contributed by atoms with Crippen molar-refractivity contribution < 1.29 is 13.9 Å². The Bertz CT molecular complexity index is 608. The number of rotatable bonds is 6. The summed E-state index contributed by atoms with van der Waals surface area (Å²) in [4.78, 5) is 7.80. The lowest BCUT2D eigenvalue weighted by atomic mass is 10.2. The number of aliphatic hydroxyl groups is 1. The van der Waals surface area contributed by atoms with Crippen molar-refractivity contribution in [3.63, 3.8) is 0 Å². The molecule has 21 heavy (non-hydrogen) atoms. The minimum atomic E-state index is -2.72. The van der Waals surface area contributed by atoms with Gasteiger partial charge < -0.3 is 10.4 Å². The molecule has 0 spiro atoms. The van der Waals surface area contributed by atoms with Crippen molar-refractivity contribution in [1.82, 2.24) is 9.97 Å². The van der Waals surface area contributed by atoms with Gasteiger partial charge in [0.2, 0.25) is 0 Å². The Balaban J connectivity index is 2.41. The molecule has 1 aromatic heterocycles. The molecule has 2 N–H and O–H groups in total. The van der Waals surface area contributed by atoms with E-state index >= 15 is 0 Å². The van der Waals surface area contributed by atoms with Gasteiger partial charge in [-0.25, -0.2) is 18.7 Å². The van der Waals surface area contributed by atoms with Gasteiger partial charge in [0, 0.05) is 16.7 Å². The van der Waals surface area contributed by atoms with Crippen LogP contribution in [0.25, 0.3) is 10.9 Å². The van der Waals surface area contributed by atoms with Gasteiger partial charge in [-0.1, -0.05) is 12.1 Å². The van der Waals surface area contributed by atoms with Gasteiger partial charge in [-0.15, -0.1) is 0 Å². The molecule has 0 unspecified atom stereocenters. The number of aromatic nitrogens is 2. The van der Waals surface area contributed by atoms with Gasteiger partial charge in [0.25, 0.3) is 6.43 Å². The van der Waals surface area contributed by atoms with Crippen LogP contribution in [-0.2, 0) is 0 Å². The fraction of sp³-hybridized carbons (Fsp3) is 0.429. The molecule has 0 saturated heterocycles. The average molecular weight is 313 g/mol. The fourth-order valence-corrected chi connectivity index (χ4v) is 2.67. The first kappa shape index (κ1) is 15.9. The second kappa shape index (κ2) is 7.00. The molecule has 1 aromatic carbocycles. The molecule has 0 bridgehead atoms. The Labute approximate surface area is 126 Å². The highest BCUT2D eigenvalue weighted by molar-refractivity contribution is 7.99. The number of anilines is 1. The number of thioether (sulfide) groups is 1. The lowest BCUT2D eigenvalue weighted by Gasteiger charge is -2.22. The van der Waals surface area contributed by atoms with Crippen molar-refractivity contribution in [3.8, 4) is 0 Å². The number of para-hydroxylation sites is 1. The van der Waals surface area contributed by atoms with Crippen molar-refractivity contribution in [2.45, 2.75) is 24.6 Å². The fourth-order valence-electron chi connectivity index (χ4n) is 2.05. The minimum absolute atomic E-state index is 0.0000534. The molecule has 0 fully saturated rings. The van der Waals surface area contributed by atoms with E-state index in [0.717, 1.165) is 0 Å². The van der Waals surface area contributed by atoms with E-state index in [-0.39, 0.29) is 17.9 Å².